The third kappa shape index (κ3) is 3.79. The number of urea groups is 1. The Morgan fingerprint density at radius 1 is 1.14 bits per heavy atom. The number of aromatic hydroxyl groups is 1. The van der Waals surface area contributed by atoms with Crippen LogP contribution in [0.4, 0.5) is 16.2 Å². The largest absolute Gasteiger partial charge is 0.508 e. The summed E-state index contributed by atoms with van der Waals surface area (Å²) in [6.45, 7) is 1.79. The summed E-state index contributed by atoms with van der Waals surface area (Å²) in [5, 5.41) is 15.1. The van der Waals surface area contributed by atoms with Crippen molar-refractivity contribution in [1.29, 1.82) is 0 Å². The minimum atomic E-state index is -0.432. The number of halogens is 1. The molecule has 0 bridgehead atoms. The van der Waals surface area contributed by atoms with E-state index in [-0.39, 0.29) is 5.75 Å². The van der Waals surface area contributed by atoms with Crippen LogP contribution in [-0.2, 0) is 0 Å². The molecule has 0 aliphatic heterocycles. The maximum Gasteiger partial charge on any atom is 0.323 e. The Balaban J connectivity index is 2.11. The molecular weight excluding hydrogens is 292 g/mol. The van der Waals surface area contributed by atoms with Crippen LogP contribution in [0, 0.1) is 6.92 Å². The van der Waals surface area contributed by atoms with E-state index in [0.717, 1.165) is 5.56 Å². The van der Waals surface area contributed by atoms with E-state index < -0.39 is 6.03 Å². The molecule has 0 heterocycles. The topological polar surface area (TPSA) is 70.6 Å². The Morgan fingerprint density at radius 3 is 2.52 bits per heavy atom. The van der Waals surface area contributed by atoms with Crippen molar-refractivity contribution in [2.75, 3.05) is 17.7 Å². The number of rotatable bonds is 3. The van der Waals surface area contributed by atoms with Crippen molar-refractivity contribution in [1.82, 2.24) is 0 Å². The van der Waals surface area contributed by atoms with Crippen LogP contribution in [0.15, 0.2) is 36.4 Å². The number of phenolic OH excluding ortho intramolecular Hbond substituents is 1. The van der Waals surface area contributed by atoms with Crippen LogP contribution >= 0.6 is 11.6 Å². The second-order valence-corrected chi connectivity index (χ2v) is 4.83. The quantitative estimate of drug-likeness (QED) is 0.750. The molecule has 110 valence electrons. The van der Waals surface area contributed by atoms with Crippen LogP contribution in [0.5, 0.6) is 11.5 Å². The van der Waals surface area contributed by atoms with Gasteiger partial charge >= 0.3 is 6.03 Å². The van der Waals surface area contributed by atoms with Crippen LogP contribution in [0.1, 0.15) is 5.56 Å². The molecule has 2 rings (SSSR count). The molecular formula is C15H15ClN2O3. The van der Waals surface area contributed by atoms with Gasteiger partial charge in [0.05, 0.1) is 17.8 Å². The average Bonchev–Trinajstić information content (AvgIpc) is 2.44. The highest BCUT2D eigenvalue weighted by Crippen LogP contribution is 2.27. The molecule has 2 aromatic rings. The highest BCUT2D eigenvalue weighted by Gasteiger charge is 2.09. The van der Waals surface area contributed by atoms with Crippen LogP contribution in [0.25, 0.3) is 0 Å². The molecule has 0 spiro atoms. The van der Waals surface area contributed by atoms with Gasteiger partial charge in [0, 0.05) is 11.8 Å². The van der Waals surface area contributed by atoms with E-state index in [2.05, 4.69) is 10.6 Å². The zero-order valence-corrected chi connectivity index (χ0v) is 12.4. The first-order chi connectivity index (χ1) is 9.99. The zero-order chi connectivity index (χ0) is 15.4. The summed E-state index contributed by atoms with van der Waals surface area (Å²) in [7, 11) is 1.53. The summed E-state index contributed by atoms with van der Waals surface area (Å²) in [6.07, 6.45) is 0. The first kappa shape index (κ1) is 15.0. The van der Waals surface area contributed by atoms with Gasteiger partial charge in [-0.25, -0.2) is 4.79 Å². The number of anilines is 2. The van der Waals surface area contributed by atoms with Gasteiger partial charge in [0.1, 0.15) is 11.5 Å². The maximum absolute atomic E-state index is 12.0. The number of amides is 2. The fourth-order valence-electron chi connectivity index (χ4n) is 1.79. The van der Waals surface area contributed by atoms with Gasteiger partial charge in [0.2, 0.25) is 0 Å². The van der Waals surface area contributed by atoms with Gasteiger partial charge in [-0.2, -0.15) is 0 Å². The summed E-state index contributed by atoms with van der Waals surface area (Å²) in [5.74, 6) is 0.741. The molecule has 3 N–H and O–H groups in total. The third-order valence-corrected chi connectivity index (χ3v) is 3.21. The molecule has 2 amide bonds. The highest BCUT2D eigenvalue weighted by atomic mass is 35.5. The lowest BCUT2D eigenvalue weighted by Gasteiger charge is -2.12. The summed E-state index contributed by atoms with van der Waals surface area (Å²) >= 11 is 6.02. The van der Waals surface area contributed by atoms with Crippen LogP contribution in [0.2, 0.25) is 5.02 Å². The second kappa shape index (κ2) is 6.37. The number of benzene rings is 2. The van der Waals surface area contributed by atoms with Gasteiger partial charge in [-0.1, -0.05) is 11.6 Å². The molecule has 2 aromatic carbocycles. The third-order valence-electron chi connectivity index (χ3n) is 2.88. The molecule has 6 heteroatoms. The van der Waals surface area contributed by atoms with Crippen LogP contribution in [-0.4, -0.2) is 18.2 Å². The van der Waals surface area contributed by atoms with Crippen molar-refractivity contribution >= 4 is 29.0 Å². The Hall–Kier alpha value is -2.40. The first-order valence-corrected chi connectivity index (χ1v) is 6.58. The molecule has 0 aliphatic carbocycles. The van der Waals surface area contributed by atoms with E-state index in [1.54, 1.807) is 37.3 Å². The normalized spacial score (nSPS) is 10.0. The Labute approximate surface area is 127 Å². The van der Waals surface area contributed by atoms with E-state index in [1.165, 1.54) is 13.2 Å². The second-order valence-electron chi connectivity index (χ2n) is 4.42. The Morgan fingerprint density at radius 2 is 1.86 bits per heavy atom. The average molecular weight is 307 g/mol. The number of hydrogen-bond acceptors (Lipinski definition) is 3. The summed E-state index contributed by atoms with van der Waals surface area (Å²) in [4.78, 5) is 12.0. The predicted molar refractivity (Wildman–Crippen MR) is 83.5 cm³/mol. The van der Waals surface area contributed by atoms with Gasteiger partial charge in [-0.15, -0.1) is 0 Å². The van der Waals surface area contributed by atoms with Crippen molar-refractivity contribution in [3.05, 3.63) is 47.0 Å². The predicted octanol–water partition coefficient (Wildman–Crippen LogP) is 4.01. The number of nitrogens with one attached hydrogen (secondary N) is 2. The van der Waals surface area contributed by atoms with Crippen molar-refractivity contribution in [2.45, 2.75) is 6.92 Å². The lowest BCUT2D eigenvalue weighted by molar-refractivity contribution is 0.262. The minimum Gasteiger partial charge on any atom is -0.508 e. The summed E-state index contributed by atoms with van der Waals surface area (Å²) in [6, 6.07) is 9.23. The standard InChI is InChI=1S/C15H15ClN2O3/c1-9-7-10(19)3-6-13(9)17-15(20)18-14-8-11(21-2)4-5-12(14)16/h3-8,19H,1-2H3,(H2,17,18,20). The van der Waals surface area contributed by atoms with Gasteiger partial charge in [0.15, 0.2) is 0 Å². The molecule has 0 aromatic heterocycles. The number of carbonyl (C=O) groups is 1. The van der Waals surface area contributed by atoms with Gasteiger partial charge in [-0.3, -0.25) is 0 Å². The molecule has 5 nitrogen and oxygen atoms in total. The monoisotopic (exact) mass is 306 g/mol. The van der Waals surface area contributed by atoms with E-state index in [1.807, 2.05) is 0 Å². The van der Waals surface area contributed by atoms with Crippen molar-refractivity contribution < 1.29 is 14.6 Å². The number of hydrogen-bond donors (Lipinski definition) is 3. The Kier molecular flexibility index (Phi) is 4.55. The molecule has 0 saturated heterocycles. The molecule has 0 atom stereocenters. The summed E-state index contributed by atoms with van der Waals surface area (Å²) < 4.78 is 5.08. The van der Waals surface area contributed by atoms with E-state index >= 15 is 0 Å². The molecule has 0 aliphatic rings. The van der Waals surface area contributed by atoms with Gasteiger partial charge in [0.25, 0.3) is 0 Å². The Bertz CT molecular complexity index is 674. The maximum atomic E-state index is 12.0. The van der Waals surface area contributed by atoms with Crippen LogP contribution in [0.3, 0.4) is 0 Å². The smallest absolute Gasteiger partial charge is 0.323 e. The lowest BCUT2D eigenvalue weighted by atomic mass is 10.2. The van der Waals surface area contributed by atoms with Crippen molar-refractivity contribution in [3.63, 3.8) is 0 Å². The SMILES string of the molecule is COc1ccc(Cl)c(NC(=O)Nc2ccc(O)cc2C)c1. The molecule has 21 heavy (non-hydrogen) atoms. The number of methoxy groups -OCH3 is 1. The van der Waals surface area contributed by atoms with E-state index in [4.69, 9.17) is 16.3 Å². The minimum absolute atomic E-state index is 0.147. The highest BCUT2D eigenvalue weighted by molar-refractivity contribution is 6.33. The van der Waals surface area contributed by atoms with Gasteiger partial charge in [-0.05, 0) is 42.8 Å². The van der Waals surface area contributed by atoms with Gasteiger partial charge < -0.3 is 20.5 Å². The van der Waals surface area contributed by atoms with E-state index in [9.17, 15) is 9.90 Å². The van der Waals surface area contributed by atoms with Crippen molar-refractivity contribution in [3.8, 4) is 11.5 Å². The van der Waals surface area contributed by atoms with Crippen LogP contribution < -0.4 is 15.4 Å². The zero-order valence-electron chi connectivity index (χ0n) is 11.6. The lowest BCUT2D eigenvalue weighted by Crippen LogP contribution is -2.20. The molecule has 0 saturated carbocycles. The van der Waals surface area contributed by atoms with E-state index in [0.29, 0.717) is 22.1 Å². The number of carbonyl (C=O) groups excluding carboxylic acids is 1. The summed E-state index contributed by atoms with van der Waals surface area (Å²) in [5.41, 5.74) is 1.80. The number of aryl methyl sites for hydroxylation is 1. The number of phenols is 1. The first-order valence-electron chi connectivity index (χ1n) is 6.21. The fourth-order valence-corrected chi connectivity index (χ4v) is 1.96. The van der Waals surface area contributed by atoms with Crippen molar-refractivity contribution in [2.24, 2.45) is 0 Å². The number of ether oxygens (including phenoxy) is 1. The molecule has 0 unspecified atom stereocenters. The molecule has 0 radical (unpaired) electrons. The fraction of sp³-hybridized carbons (Fsp3) is 0.133. The molecule has 0 fully saturated rings.